The van der Waals surface area contributed by atoms with E-state index in [4.69, 9.17) is 4.42 Å². The molecule has 0 aliphatic heterocycles. The van der Waals surface area contributed by atoms with Crippen molar-refractivity contribution in [3.63, 3.8) is 0 Å². The molecule has 0 spiro atoms. The molecular formula is C17H11N3O6. The van der Waals surface area contributed by atoms with Gasteiger partial charge in [0, 0.05) is 23.9 Å². The quantitative estimate of drug-likeness (QED) is 0.545. The number of nitrogens with one attached hydrogen (secondary N) is 1. The highest BCUT2D eigenvalue weighted by atomic mass is 16.6. The Hall–Kier alpha value is -4.01. The van der Waals surface area contributed by atoms with Crippen molar-refractivity contribution in [2.24, 2.45) is 0 Å². The molecule has 0 aliphatic carbocycles. The first-order valence-electron chi connectivity index (χ1n) is 7.35. The summed E-state index contributed by atoms with van der Waals surface area (Å²) in [7, 11) is 0. The largest absolute Gasteiger partial charge is 0.451 e. The van der Waals surface area contributed by atoms with Crippen molar-refractivity contribution in [3.8, 4) is 11.3 Å². The number of carbonyl (C=O) groups excluding carboxylic acids is 1. The van der Waals surface area contributed by atoms with Gasteiger partial charge in [-0.2, -0.15) is 0 Å². The lowest BCUT2D eigenvalue weighted by atomic mass is 10.1. The molecule has 0 saturated heterocycles. The summed E-state index contributed by atoms with van der Waals surface area (Å²) in [6.45, 7) is 0. The number of amides is 1. The van der Waals surface area contributed by atoms with Gasteiger partial charge in [0.2, 0.25) is 0 Å². The van der Waals surface area contributed by atoms with Crippen LogP contribution >= 0.6 is 0 Å². The molecular weight excluding hydrogens is 342 g/mol. The minimum atomic E-state index is -0.629. The summed E-state index contributed by atoms with van der Waals surface area (Å²) in [6, 6.07) is 14.3. The molecule has 0 saturated carbocycles. The van der Waals surface area contributed by atoms with Crippen molar-refractivity contribution in [1.82, 2.24) is 0 Å². The highest BCUT2D eigenvalue weighted by Gasteiger charge is 2.19. The van der Waals surface area contributed by atoms with Crippen molar-refractivity contribution < 1.29 is 19.1 Å². The summed E-state index contributed by atoms with van der Waals surface area (Å²) in [5.74, 6) is -0.540. The Labute approximate surface area is 146 Å². The molecule has 0 atom stereocenters. The van der Waals surface area contributed by atoms with E-state index in [9.17, 15) is 25.0 Å². The highest BCUT2D eigenvalue weighted by Crippen LogP contribution is 2.31. The molecule has 26 heavy (non-hydrogen) atoms. The summed E-state index contributed by atoms with van der Waals surface area (Å²) in [5.41, 5.74) is 0.162. The zero-order valence-electron chi connectivity index (χ0n) is 13.1. The second kappa shape index (κ2) is 6.85. The Kier molecular flexibility index (Phi) is 4.44. The summed E-state index contributed by atoms with van der Waals surface area (Å²) in [5, 5.41) is 24.4. The van der Waals surface area contributed by atoms with E-state index in [0.717, 1.165) is 0 Å². The van der Waals surface area contributed by atoms with Crippen molar-refractivity contribution >= 4 is 23.0 Å². The van der Waals surface area contributed by atoms with Gasteiger partial charge in [0.25, 0.3) is 17.3 Å². The molecule has 1 aromatic heterocycles. The Morgan fingerprint density at radius 1 is 0.923 bits per heavy atom. The number of nitrogens with zero attached hydrogens (tertiary/aromatic N) is 2. The van der Waals surface area contributed by atoms with Crippen LogP contribution in [0.5, 0.6) is 0 Å². The lowest BCUT2D eigenvalue weighted by Crippen LogP contribution is -2.10. The lowest BCUT2D eigenvalue weighted by Gasteiger charge is -2.03. The number of para-hydroxylation sites is 1. The van der Waals surface area contributed by atoms with Gasteiger partial charge in [0.05, 0.1) is 15.4 Å². The van der Waals surface area contributed by atoms with Gasteiger partial charge in [-0.25, -0.2) is 0 Å². The normalized spacial score (nSPS) is 10.3. The van der Waals surface area contributed by atoms with Gasteiger partial charge >= 0.3 is 0 Å². The average Bonchev–Trinajstić information content (AvgIpc) is 3.12. The topological polar surface area (TPSA) is 129 Å². The number of rotatable bonds is 5. The first kappa shape index (κ1) is 16.8. The molecule has 9 nitrogen and oxygen atoms in total. The molecule has 2 aromatic carbocycles. The van der Waals surface area contributed by atoms with Gasteiger partial charge < -0.3 is 9.73 Å². The van der Waals surface area contributed by atoms with Crippen LogP contribution in [-0.4, -0.2) is 15.8 Å². The number of nitro groups is 2. The van der Waals surface area contributed by atoms with Crippen molar-refractivity contribution in [1.29, 1.82) is 0 Å². The third-order valence-corrected chi connectivity index (χ3v) is 3.51. The highest BCUT2D eigenvalue weighted by molar-refractivity contribution is 6.02. The number of hydrogen-bond acceptors (Lipinski definition) is 6. The molecule has 0 radical (unpaired) electrons. The van der Waals surface area contributed by atoms with Crippen LogP contribution in [0.25, 0.3) is 11.3 Å². The third-order valence-electron chi connectivity index (χ3n) is 3.51. The van der Waals surface area contributed by atoms with Crippen LogP contribution in [0.3, 0.4) is 0 Å². The molecule has 0 unspecified atom stereocenters. The molecule has 3 rings (SSSR count). The van der Waals surface area contributed by atoms with Crippen LogP contribution in [-0.2, 0) is 0 Å². The van der Waals surface area contributed by atoms with Crippen molar-refractivity contribution in [3.05, 3.63) is 86.7 Å². The van der Waals surface area contributed by atoms with Crippen LogP contribution < -0.4 is 5.32 Å². The van der Waals surface area contributed by atoms with E-state index < -0.39 is 15.8 Å². The smallest absolute Gasteiger partial charge is 0.291 e. The fourth-order valence-electron chi connectivity index (χ4n) is 2.34. The minimum absolute atomic E-state index is 0.0790. The first-order chi connectivity index (χ1) is 12.5. The zero-order valence-corrected chi connectivity index (χ0v) is 13.1. The number of furan rings is 1. The predicted molar refractivity (Wildman–Crippen MR) is 91.8 cm³/mol. The lowest BCUT2D eigenvalue weighted by molar-refractivity contribution is -0.384. The maximum atomic E-state index is 12.3. The van der Waals surface area contributed by atoms with Gasteiger partial charge in [0.15, 0.2) is 5.76 Å². The molecule has 3 aromatic rings. The van der Waals surface area contributed by atoms with E-state index in [1.807, 2.05) is 0 Å². The van der Waals surface area contributed by atoms with E-state index in [0.29, 0.717) is 0 Å². The number of nitro benzene ring substituents is 2. The van der Waals surface area contributed by atoms with E-state index in [-0.39, 0.29) is 34.1 Å². The fraction of sp³-hybridized carbons (Fsp3) is 0. The van der Waals surface area contributed by atoms with Crippen LogP contribution in [0.15, 0.2) is 65.1 Å². The number of non-ortho nitro benzene ring substituents is 1. The summed E-state index contributed by atoms with van der Waals surface area (Å²) < 4.78 is 5.42. The Bertz CT molecular complexity index is 1010. The number of benzene rings is 2. The van der Waals surface area contributed by atoms with Gasteiger partial charge in [-0.05, 0) is 24.3 Å². The Morgan fingerprint density at radius 3 is 2.42 bits per heavy atom. The molecule has 1 heterocycles. The Morgan fingerprint density at radius 2 is 1.69 bits per heavy atom. The van der Waals surface area contributed by atoms with Gasteiger partial charge in [-0.15, -0.1) is 0 Å². The molecule has 0 aliphatic rings. The van der Waals surface area contributed by atoms with E-state index in [1.54, 1.807) is 6.07 Å². The molecule has 0 bridgehead atoms. The van der Waals surface area contributed by atoms with Gasteiger partial charge in [-0.1, -0.05) is 18.2 Å². The average molecular weight is 353 g/mol. The summed E-state index contributed by atoms with van der Waals surface area (Å²) in [6.07, 6.45) is 0. The number of anilines is 1. The number of carbonyl (C=O) groups is 1. The maximum absolute atomic E-state index is 12.3. The molecule has 9 heteroatoms. The molecule has 130 valence electrons. The first-order valence-corrected chi connectivity index (χ1v) is 7.35. The molecule has 1 amide bonds. The third kappa shape index (κ3) is 3.41. The predicted octanol–water partition coefficient (Wildman–Crippen LogP) is 4.02. The van der Waals surface area contributed by atoms with E-state index >= 15 is 0 Å². The van der Waals surface area contributed by atoms with E-state index in [1.165, 1.54) is 54.6 Å². The van der Waals surface area contributed by atoms with Crippen molar-refractivity contribution in [2.75, 3.05) is 5.32 Å². The van der Waals surface area contributed by atoms with Crippen LogP contribution in [0.4, 0.5) is 17.1 Å². The maximum Gasteiger partial charge on any atom is 0.291 e. The van der Waals surface area contributed by atoms with Gasteiger partial charge in [0.1, 0.15) is 5.76 Å². The summed E-state index contributed by atoms with van der Waals surface area (Å²) in [4.78, 5) is 33.0. The number of hydrogen-bond donors (Lipinski definition) is 1. The van der Waals surface area contributed by atoms with E-state index in [2.05, 4.69) is 5.32 Å². The van der Waals surface area contributed by atoms with Crippen LogP contribution in [0, 0.1) is 20.2 Å². The van der Waals surface area contributed by atoms with Crippen LogP contribution in [0.1, 0.15) is 10.6 Å². The second-order valence-electron chi connectivity index (χ2n) is 5.20. The molecule has 0 fully saturated rings. The SMILES string of the molecule is O=C(Nc1cccc([N+](=O)[O-])c1)c1ccc(-c2ccccc2[N+](=O)[O-])o1. The zero-order chi connectivity index (χ0) is 18.7. The van der Waals surface area contributed by atoms with Crippen LogP contribution in [0.2, 0.25) is 0 Å². The second-order valence-corrected chi connectivity index (χ2v) is 5.20. The fourth-order valence-corrected chi connectivity index (χ4v) is 2.34. The Balaban J connectivity index is 1.84. The summed E-state index contributed by atoms with van der Waals surface area (Å²) >= 11 is 0. The minimum Gasteiger partial charge on any atom is -0.451 e. The van der Waals surface area contributed by atoms with Gasteiger partial charge in [-0.3, -0.25) is 25.0 Å². The molecule has 1 N–H and O–H groups in total. The monoisotopic (exact) mass is 353 g/mol. The van der Waals surface area contributed by atoms with Crippen molar-refractivity contribution in [2.45, 2.75) is 0 Å². The standard InChI is InChI=1S/C17H11N3O6/c21-17(18-11-4-3-5-12(10-11)19(22)23)16-9-8-15(26-16)13-6-1-2-7-14(13)20(24)25/h1-10H,(H,18,21).